The number of aliphatic hydroxyl groups excluding tert-OH is 2. The maximum Gasteiger partial charge on any atom is 0.216 e. The normalized spacial score (nSPS) is 14.0. The van der Waals surface area contributed by atoms with Crippen LogP contribution in [0.2, 0.25) is 0 Å². The molecule has 3 N–H and O–H groups in total. The van der Waals surface area contributed by atoms with Crippen LogP contribution in [0, 0.1) is 0 Å². The maximum absolute atomic E-state index is 10.8. The topological polar surface area (TPSA) is 82.7 Å². The van der Waals surface area contributed by atoms with E-state index in [1.54, 1.807) is 12.1 Å². The fourth-order valence-corrected chi connectivity index (χ4v) is 2.70. The zero-order chi connectivity index (χ0) is 16.4. The van der Waals surface area contributed by atoms with E-state index in [0.29, 0.717) is 12.1 Å². The second-order valence-electron chi connectivity index (χ2n) is 5.64. The van der Waals surface area contributed by atoms with E-state index in [4.69, 9.17) is 4.42 Å². The van der Waals surface area contributed by atoms with E-state index < -0.39 is 12.2 Å². The lowest BCUT2D eigenvalue weighted by Crippen LogP contribution is -2.27. The Balaban J connectivity index is 1.84. The van der Waals surface area contributed by atoms with Gasteiger partial charge in [0.25, 0.3) is 0 Å². The highest BCUT2D eigenvalue weighted by atomic mass is 16.3. The van der Waals surface area contributed by atoms with Gasteiger partial charge in [0.2, 0.25) is 5.91 Å². The van der Waals surface area contributed by atoms with Crippen molar-refractivity contribution in [2.75, 3.05) is 6.54 Å². The van der Waals surface area contributed by atoms with Crippen molar-refractivity contribution in [2.45, 2.75) is 25.6 Å². The molecule has 2 atom stereocenters. The third-order valence-electron chi connectivity index (χ3n) is 3.92. The van der Waals surface area contributed by atoms with E-state index in [2.05, 4.69) is 5.32 Å². The van der Waals surface area contributed by atoms with Crippen molar-refractivity contribution in [1.29, 1.82) is 0 Å². The number of hydrogen-bond acceptors (Lipinski definition) is 4. The Bertz CT molecular complexity index is 839. The van der Waals surface area contributed by atoms with E-state index in [1.165, 1.54) is 6.92 Å². The quantitative estimate of drug-likeness (QED) is 0.676. The zero-order valence-corrected chi connectivity index (χ0v) is 12.8. The lowest BCUT2D eigenvalue weighted by atomic mass is 10.00. The lowest BCUT2D eigenvalue weighted by molar-refractivity contribution is -0.119. The van der Waals surface area contributed by atoms with Gasteiger partial charge in [0.05, 0.1) is 6.10 Å². The number of rotatable bonds is 5. The van der Waals surface area contributed by atoms with Gasteiger partial charge in [0.15, 0.2) is 0 Å². The Morgan fingerprint density at radius 3 is 2.65 bits per heavy atom. The first-order valence-electron chi connectivity index (χ1n) is 7.58. The molecule has 0 fully saturated rings. The molecule has 0 saturated heterocycles. The Labute approximate surface area is 133 Å². The number of amides is 1. The molecule has 0 spiro atoms. The first-order chi connectivity index (χ1) is 11.1. The summed E-state index contributed by atoms with van der Waals surface area (Å²) in [6.45, 7) is 1.74. The first kappa shape index (κ1) is 15.5. The van der Waals surface area contributed by atoms with E-state index >= 15 is 0 Å². The highest BCUT2D eigenvalue weighted by molar-refractivity contribution is 6.05. The summed E-state index contributed by atoms with van der Waals surface area (Å²) < 4.78 is 5.75. The molecule has 1 amide bonds. The lowest BCUT2D eigenvalue weighted by Gasteiger charge is -2.18. The van der Waals surface area contributed by atoms with E-state index in [1.807, 2.05) is 30.3 Å². The molecular weight excluding hydrogens is 294 g/mol. The van der Waals surface area contributed by atoms with Gasteiger partial charge in [-0.25, -0.2) is 0 Å². The van der Waals surface area contributed by atoms with Crippen LogP contribution < -0.4 is 5.32 Å². The third kappa shape index (κ3) is 3.21. The van der Waals surface area contributed by atoms with Crippen molar-refractivity contribution in [1.82, 2.24) is 5.32 Å². The molecule has 2 unspecified atom stereocenters. The minimum Gasteiger partial charge on any atom is -0.456 e. The summed E-state index contributed by atoms with van der Waals surface area (Å²) in [5.74, 6) is -0.155. The van der Waals surface area contributed by atoms with Crippen LogP contribution >= 0.6 is 0 Å². The number of nitrogens with one attached hydrogen (secondary N) is 1. The van der Waals surface area contributed by atoms with Crippen LogP contribution in [0.4, 0.5) is 0 Å². The van der Waals surface area contributed by atoms with Crippen LogP contribution in [-0.2, 0) is 4.79 Å². The Morgan fingerprint density at radius 1 is 1.13 bits per heavy atom. The van der Waals surface area contributed by atoms with Crippen molar-refractivity contribution in [3.63, 3.8) is 0 Å². The Kier molecular flexibility index (Phi) is 4.32. The van der Waals surface area contributed by atoms with Crippen LogP contribution in [0.1, 0.15) is 25.0 Å². The molecule has 23 heavy (non-hydrogen) atoms. The van der Waals surface area contributed by atoms with Crippen molar-refractivity contribution in [3.05, 3.63) is 48.0 Å². The molecule has 2 aromatic carbocycles. The van der Waals surface area contributed by atoms with Gasteiger partial charge in [-0.15, -0.1) is 0 Å². The minimum atomic E-state index is -1.01. The largest absolute Gasteiger partial charge is 0.456 e. The molecule has 0 radical (unpaired) electrons. The second kappa shape index (κ2) is 6.40. The smallest absolute Gasteiger partial charge is 0.216 e. The van der Waals surface area contributed by atoms with Gasteiger partial charge in [-0.05, 0) is 30.2 Å². The summed E-state index contributed by atoms with van der Waals surface area (Å²) in [5, 5.41) is 24.9. The first-order valence-corrected chi connectivity index (χ1v) is 7.58. The number of para-hydroxylation sites is 1. The highest BCUT2D eigenvalue weighted by Crippen LogP contribution is 2.31. The molecule has 3 aromatic rings. The number of furan rings is 1. The fourth-order valence-electron chi connectivity index (χ4n) is 2.70. The number of aliphatic hydroxyl groups is 2. The molecule has 1 aromatic heterocycles. The van der Waals surface area contributed by atoms with Gasteiger partial charge in [-0.3, -0.25) is 4.79 Å². The summed E-state index contributed by atoms with van der Waals surface area (Å²) in [7, 11) is 0. The van der Waals surface area contributed by atoms with E-state index in [0.717, 1.165) is 21.9 Å². The second-order valence-corrected chi connectivity index (χ2v) is 5.64. The molecule has 3 rings (SSSR count). The minimum absolute atomic E-state index is 0.155. The molecule has 0 saturated carbocycles. The zero-order valence-electron chi connectivity index (χ0n) is 12.8. The van der Waals surface area contributed by atoms with E-state index in [9.17, 15) is 15.0 Å². The van der Waals surface area contributed by atoms with Gasteiger partial charge >= 0.3 is 0 Å². The third-order valence-corrected chi connectivity index (χ3v) is 3.92. The molecule has 5 nitrogen and oxygen atoms in total. The molecular formula is C18H19NO4. The summed E-state index contributed by atoms with van der Waals surface area (Å²) in [6, 6.07) is 13.1. The summed E-state index contributed by atoms with van der Waals surface area (Å²) in [6.07, 6.45) is -1.68. The molecule has 5 heteroatoms. The maximum atomic E-state index is 10.8. The molecule has 0 aliphatic carbocycles. The van der Waals surface area contributed by atoms with Crippen LogP contribution in [0.15, 0.2) is 46.9 Å². The van der Waals surface area contributed by atoms with Crippen molar-refractivity contribution in [2.24, 2.45) is 0 Å². The molecule has 120 valence electrons. The average Bonchev–Trinajstić information content (AvgIpc) is 2.91. The number of fused-ring (bicyclic) bond motifs is 3. The van der Waals surface area contributed by atoms with Gasteiger partial charge in [-0.2, -0.15) is 0 Å². The van der Waals surface area contributed by atoms with Gasteiger partial charge in [0, 0.05) is 24.2 Å². The van der Waals surface area contributed by atoms with E-state index in [-0.39, 0.29) is 12.3 Å². The predicted molar refractivity (Wildman–Crippen MR) is 88.0 cm³/mol. The number of hydrogen-bond donors (Lipinski definition) is 3. The van der Waals surface area contributed by atoms with Gasteiger partial charge < -0.3 is 19.9 Å². The van der Waals surface area contributed by atoms with Gasteiger partial charge in [-0.1, -0.05) is 24.3 Å². The summed E-state index contributed by atoms with van der Waals surface area (Å²) in [4.78, 5) is 10.8. The fraction of sp³-hybridized carbons (Fsp3) is 0.278. The van der Waals surface area contributed by atoms with Crippen LogP contribution in [0.5, 0.6) is 0 Å². The number of carbonyl (C=O) groups excluding carboxylic acids is 1. The van der Waals surface area contributed by atoms with Crippen LogP contribution in [0.25, 0.3) is 21.9 Å². The predicted octanol–water partition coefficient (Wildman–Crippen LogP) is 2.51. The van der Waals surface area contributed by atoms with Crippen LogP contribution in [-0.4, -0.2) is 28.8 Å². The van der Waals surface area contributed by atoms with Crippen molar-refractivity contribution < 1.29 is 19.4 Å². The molecule has 0 aliphatic rings. The molecule has 0 bridgehead atoms. The van der Waals surface area contributed by atoms with Crippen molar-refractivity contribution >= 4 is 27.8 Å². The van der Waals surface area contributed by atoms with Crippen molar-refractivity contribution in [3.8, 4) is 0 Å². The standard InChI is InChI=1S/C18H19NO4/c1-11(20)19-9-8-15(21)18(22)12-6-7-17-14(10-12)13-4-2-3-5-16(13)23-17/h2-7,10,15,18,21-22H,8-9H2,1H3,(H,19,20). The SMILES string of the molecule is CC(=O)NCCC(O)C(O)c1ccc2oc3ccccc3c2c1. The van der Waals surface area contributed by atoms with Gasteiger partial charge in [0.1, 0.15) is 17.3 Å². The molecule has 1 heterocycles. The monoisotopic (exact) mass is 313 g/mol. The molecule has 0 aliphatic heterocycles. The summed E-state index contributed by atoms with van der Waals surface area (Å²) >= 11 is 0. The Morgan fingerprint density at radius 2 is 1.87 bits per heavy atom. The highest BCUT2D eigenvalue weighted by Gasteiger charge is 2.19. The summed E-state index contributed by atoms with van der Waals surface area (Å²) in [5.41, 5.74) is 2.16. The Hall–Kier alpha value is -2.37. The number of benzene rings is 2. The average molecular weight is 313 g/mol. The van der Waals surface area contributed by atoms with Crippen LogP contribution in [0.3, 0.4) is 0 Å². The number of carbonyl (C=O) groups is 1.